The number of hydrogen-bond donors (Lipinski definition) is 2. The number of rotatable bonds is 8. The minimum absolute atomic E-state index is 0.0878. The van der Waals surface area contributed by atoms with E-state index in [4.69, 9.17) is 10.5 Å². The predicted molar refractivity (Wildman–Crippen MR) is 82.4 cm³/mol. The minimum atomic E-state index is -3.47. The third kappa shape index (κ3) is 4.03. The number of methoxy groups -OCH3 is 1. The molecule has 1 aromatic carbocycles. The zero-order valence-electron chi connectivity index (χ0n) is 12.7. The molecule has 1 aliphatic carbocycles. The van der Waals surface area contributed by atoms with Crippen molar-refractivity contribution in [2.45, 2.75) is 37.6 Å². The largest absolute Gasteiger partial charge is 0.385 e. The number of aryl methyl sites for hydroxylation is 1. The first kappa shape index (κ1) is 16.4. The summed E-state index contributed by atoms with van der Waals surface area (Å²) < 4.78 is 32.6. The number of hydrogen-bond acceptors (Lipinski definition) is 4. The molecule has 0 atom stereocenters. The summed E-state index contributed by atoms with van der Waals surface area (Å²) >= 11 is 0. The van der Waals surface area contributed by atoms with Gasteiger partial charge in [0.1, 0.15) is 0 Å². The molecule has 118 valence electrons. The van der Waals surface area contributed by atoms with Crippen LogP contribution < -0.4 is 10.5 Å². The summed E-state index contributed by atoms with van der Waals surface area (Å²) in [6.07, 6.45) is 3.01. The Hall–Kier alpha value is -0.950. The van der Waals surface area contributed by atoms with Crippen molar-refractivity contribution in [2.24, 2.45) is 11.1 Å². The maximum absolute atomic E-state index is 12.4. The number of ether oxygens (including phenoxy) is 1. The Morgan fingerprint density at radius 2 is 2.10 bits per heavy atom. The SMILES string of the molecule is COCCC1(CNS(=O)(=O)c2ccc(C)c(CN)c2)CC1. The van der Waals surface area contributed by atoms with Crippen LogP contribution in [0, 0.1) is 12.3 Å². The third-order valence-corrected chi connectivity index (χ3v) is 5.68. The van der Waals surface area contributed by atoms with Gasteiger partial charge in [-0.2, -0.15) is 0 Å². The monoisotopic (exact) mass is 312 g/mol. The number of benzene rings is 1. The molecule has 0 saturated heterocycles. The molecule has 0 unspecified atom stereocenters. The Morgan fingerprint density at radius 3 is 2.67 bits per heavy atom. The summed E-state index contributed by atoms with van der Waals surface area (Å²) in [5.41, 5.74) is 7.60. The predicted octanol–water partition coefficient (Wildman–Crippen LogP) is 1.55. The average Bonchev–Trinajstić information content (AvgIpc) is 3.24. The molecule has 5 nitrogen and oxygen atoms in total. The molecule has 0 radical (unpaired) electrons. The zero-order valence-corrected chi connectivity index (χ0v) is 13.5. The lowest BCUT2D eigenvalue weighted by Crippen LogP contribution is -2.31. The van der Waals surface area contributed by atoms with Crippen LogP contribution in [0.15, 0.2) is 23.1 Å². The van der Waals surface area contributed by atoms with Crippen LogP contribution in [-0.4, -0.2) is 28.7 Å². The van der Waals surface area contributed by atoms with Crippen LogP contribution in [0.4, 0.5) is 0 Å². The highest BCUT2D eigenvalue weighted by Gasteiger charge is 2.42. The quantitative estimate of drug-likeness (QED) is 0.763. The molecule has 0 aromatic heterocycles. The molecule has 1 aromatic rings. The molecule has 1 saturated carbocycles. The minimum Gasteiger partial charge on any atom is -0.385 e. The van der Waals surface area contributed by atoms with Crippen molar-refractivity contribution in [1.82, 2.24) is 4.72 Å². The van der Waals surface area contributed by atoms with Crippen LogP contribution in [0.3, 0.4) is 0 Å². The van der Waals surface area contributed by atoms with Gasteiger partial charge in [0.15, 0.2) is 0 Å². The molecule has 1 fully saturated rings. The first-order valence-electron chi connectivity index (χ1n) is 7.21. The Balaban J connectivity index is 2.05. The van der Waals surface area contributed by atoms with Gasteiger partial charge in [-0.05, 0) is 54.9 Å². The maximum Gasteiger partial charge on any atom is 0.240 e. The van der Waals surface area contributed by atoms with Crippen molar-refractivity contribution in [3.8, 4) is 0 Å². The van der Waals surface area contributed by atoms with E-state index in [9.17, 15) is 8.42 Å². The summed E-state index contributed by atoms with van der Waals surface area (Å²) in [7, 11) is -1.81. The molecule has 0 spiro atoms. The maximum atomic E-state index is 12.4. The second-order valence-corrected chi connectivity index (χ2v) is 7.63. The fraction of sp³-hybridized carbons (Fsp3) is 0.600. The summed E-state index contributed by atoms with van der Waals surface area (Å²) in [5, 5.41) is 0. The van der Waals surface area contributed by atoms with E-state index in [0.717, 1.165) is 30.4 Å². The average molecular weight is 312 g/mol. The van der Waals surface area contributed by atoms with E-state index < -0.39 is 10.0 Å². The molecule has 6 heteroatoms. The van der Waals surface area contributed by atoms with Gasteiger partial charge in [0.05, 0.1) is 4.90 Å². The van der Waals surface area contributed by atoms with Gasteiger partial charge in [-0.1, -0.05) is 6.07 Å². The Labute approximate surface area is 126 Å². The van der Waals surface area contributed by atoms with Gasteiger partial charge in [0, 0.05) is 26.8 Å². The lowest BCUT2D eigenvalue weighted by Gasteiger charge is -2.16. The van der Waals surface area contributed by atoms with Gasteiger partial charge >= 0.3 is 0 Å². The zero-order chi connectivity index (χ0) is 15.5. The van der Waals surface area contributed by atoms with Crippen molar-refractivity contribution in [2.75, 3.05) is 20.3 Å². The molecule has 0 aliphatic heterocycles. The first-order valence-corrected chi connectivity index (χ1v) is 8.69. The first-order chi connectivity index (χ1) is 9.92. The van der Waals surface area contributed by atoms with E-state index in [1.54, 1.807) is 25.3 Å². The lowest BCUT2D eigenvalue weighted by molar-refractivity contribution is 0.173. The summed E-state index contributed by atoms with van der Waals surface area (Å²) in [6, 6.07) is 5.09. The lowest BCUT2D eigenvalue weighted by atomic mass is 10.0. The second-order valence-electron chi connectivity index (χ2n) is 5.86. The van der Waals surface area contributed by atoms with E-state index in [1.807, 2.05) is 6.92 Å². The van der Waals surface area contributed by atoms with Gasteiger partial charge in [0.25, 0.3) is 0 Å². The standard InChI is InChI=1S/C15H24N2O3S/c1-12-3-4-14(9-13(12)10-16)21(18,19)17-11-15(5-6-15)7-8-20-2/h3-4,9,17H,5-8,10-11,16H2,1-2H3. The van der Waals surface area contributed by atoms with Gasteiger partial charge in [-0.25, -0.2) is 13.1 Å². The number of nitrogens with two attached hydrogens (primary N) is 1. The highest BCUT2D eigenvalue weighted by atomic mass is 32.2. The molecule has 21 heavy (non-hydrogen) atoms. The normalized spacial score (nSPS) is 16.9. The highest BCUT2D eigenvalue weighted by molar-refractivity contribution is 7.89. The number of sulfonamides is 1. The molecule has 1 aliphatic rings. The topological polar surface area (TPSA) is 81.4 Å². The summed E-state index contributed by atoms with van der Waals surface area (Å²) in [6.45, 7) is 3.41. The van der Waals surface area contributed by atoms with E-state index in [0.29, 0.717) is 19.7 Å². The molecule has 0 amide bonds. The van der Waals surface area contributed by atoms with Gasteiger partial charge < -0.3 is 10.5 Å². The van der Waals surface area contributed by atoms with Crippen LogP contribution in [0.1, 0.15) is 30.4 Å². The number of nitrogens with one attached hydrogen (secondary N) is 1. The molecule has 0 heterocycles. The Bertz CT molecular complexity index is 595. The van der Waals surface area contributed by atoms with Crippen LogP contribution in [0.2, 0.25) is 0 Å². The van der Waals surface area contributed by atoms with Crippen LogP contribution >= 0.6 is 0 Å². The van der Waals surface area contributed by atoms with E-state index in [-0.39, 0.29) is 10.3 Å². The fourth-order valence-electron chi connectivity index (χ4n) is 2.38. The smallest absolute Gasteiger partial charge is 0.240 e. The summed E-state index contributed by atoms with van der Waals surface area (Å²) in [5.74, 6) is 0. The van der Waals surface area contributed by atoms with Crippen LogP contribution in [0.25, 0.3) is 0 Å². The van der Waals surface area contributed by atoms with E-state index in [2.05, 4.69) is 4.72 Å². The van der Waals surface area contributed by atoms with E-state index >= 15 is 0 Å². The fourth-order valence-corrected chi connectivity index (χ4v) is 3.58. The van der Waals surface area contributed by atoms with Crippen molar-refractivity contribution in [3.05, 3.63) is 29.3 Å². The Kier molecular flexibility index (Phi) is 5.03. The van der Waals surface area contributed by atoms with Gasteiger partial charge in [-0.3, -0.25) is 0 Å². The molecular formula is C15H24N2O3S. The van der Waals surface area contributed by atoms with Crippen LogP contribution in [-0.2, 0) is 21.3 Å². The highest BCUT2D eigenvalue weighted by Crippen LogP contribution is 2.48. The van der Waals surface area contributed by atoms with Gasteiger partial charge in [0.2, 0.25) is 10.0 Å². The Morgan fingerprint density at radius 1 is 1.38 bits per heavy atom. The van der Waals surface area contributed by atoms with Crippen molar-refractivity contribution >= 4 is 10.0 Å². The third-order valence-electron chi connectivity index (χ3n) is 4.28. The van der Waals surface area contributed by atoms with Crippen molar-refractivity contribution in [3.63, 3.8) is 0 Å². The van der Waals surface area contributed by atoms with Crippen molar-refractivity contribution < 1.29 is 13.2 Å². The molecule has 2 rings (SSSR count). The van der Waals surface area contributed by atoms with E-state index in [1.165, 1.54) is 0 Å². The van der Waals surface area contributed by atoms with Crippen molar-refractivity contribution in [1.29, 1.82) is 0 Å². The van der Waals surface area contributed by atoms with Gasteiger partial charge in [-0.15, -0.1) is 0 Å². The summed E-state index contributed by atoms with van der Waals surface area (Å²) in [4.78, 5) is 0.288. The molecular weight excluding hydrogens is 288 g/mol. The van der Waals surface area contributed by atoms with Crippen LogP contribution in [0.5, 0.6) is 0 Å². The molecule has 3 N–H and O–H groups in total. The molecule has 0 bridgehead atoms. The second kappa shape index (κ2) is 6.44.